The number of ether oxygens (including phenoxy) is 1. The van der Waals surface area contributed by atoms with Crippen molar-refractivity contribution in [1.82, 2.24) is 25.2 Å². The monoisotopic (exact) mass is 301 g/mol. The van der Waals surface area contributed by atoms with Gasteiger partial charge in [-0.05, 0) is 30.5 Å². The number of thiophene rings is 1. The second-order valence-corrected chi connectivity index (χ2v) is 5.48. The molecule has 21 heavy (non-hydrogen) atoms. The Morgan fingerprint density at radius 3 is 2.90 bits per heavy atom. The van der Waals surface area contributed by atoms with E-state index >= 15 is 0 Å². The van der Waals surface area contributed by atoms with E-state index in [1.807, 2.05) is 30.7 Å². The van der Waals surface area contributed by atoms with Gasteiger partial charge in [-0.2, -0.15) is 16.1 Å². The molecule has 7 heteroatoms. The highest BCUT2D eigenvalue weighted by Crippen LogP contribution is 2.24. The molecular weight excluding hydrogens is 286 g/mol. The zero-order chi connectivity index (χ0) is 14.8. The highest BCUT2D eigenvalue weighted by atomic mass is 32.1. The fourth-order valence-corrected chi connectivity index (χ4v) is 2.82. The van der Waals surface area contributed by atoms with Gasteiger partial charge in [-0.1, -0.05) is 0 Å². The molecule has 0 aliphatic carbocycles. The first-order chi connectivity index (χ1) is 10.2. The summed E-state index contributed by atoms with van der Waals surface area (Å²) in [5, 5.41) is 16.5. The molecule has 0 aromatic carbocycles. The van der Waals surface area contributed by atoms with Crippen molar-refractivity contribution in [2.24, 2.45) is 0 Å². The average Bonchev–Trinajstić information content (AvgIpc) is 3.13. The first-order valence-corrected chi connectivity index (χ1v) is 7.42. The third-order valence-electron chi connectivity index (χ3n) is 3.27. The number of tetrazole rings is 1. The van der Waals surface area contributed by atoms with E-state index in [0.717, 1.165) is 28.1 Å². The van der Waals surface area contributed by atoms with Gasteiger partial charge in [0, 0.05) is 28.3 Å². The molecule has 3 aromatic rings. The van der Waals surface area contributed by atoms with E-state index < -0.39 is 0 Å². The summed E-state index contributed by atoms with van der Waals surface area (Å²) in [6.07, 6.45) is 1.80. The summed E-state index contributed by atoms with van der Waals surface area (Å²) in [5.74, 6) is 1.49. The van der Waals surface area contributed by atoms with E-state index in [0.29, 0.717) is 12.4 Å². The lowest BCUT2D eigenvalue weighted by Gasteiger charge is -2.11. The summed E-state index contributed by atoms with van der Waals surface area (Å²) >= 11 is 1.61. The van der Waals surface area contributed by atoms with Crippen LogP contribution in [0.25, 0.3) is 11.4 Å². The molecule has 0 aliphatic rings. The molecule has 0 N–H and O–H groups in total. The molecule has 0 aliphatic heterocycles. The number of hydrogen-bond acceptors (Lipinski definition) is 6. The molecular formula is C14H15N5OS. The van der Waals surface area contributed by atoms with Crippen LogP contribution in [0.1, 0.15) is 16.8 Å². The van der Waals surface area contributed by atoms with Crippen LogP contribution in [0.5, 0.6) is 5.75 Å². The number of rotatable bonds is 4. The molecule has 0 saturated heterocycles. The van der Waals surface area contributed by atoms with Crippen LogP contribution in [0.15, 0.2) is 23.0 Å². The topological polar surface area (TPSA) is 65.7 Å². The van der Waals surface area contributed by atoms with Gasteiger partial charge in [-0.3, -0.25) is 4.98 Å². The summed E-state index contributed by atoms with van der Waals surface area (Å²) in [6.45, 7) is 4.44. The lowest BCUT2D eigenvalue weighted by Crippen LogP contribution is -2.09. The minimum Gasteiger partial charge on any atom is -0.496 e. The maximum atomic E-state index is 5.41. The van der Waals surface area contributed by atoms with E-state index in [1.165, 1.54) is 0 Å². The van der Waals surface area contributed by atoms with Crippen molar-refractivity contribution in [3.05, 3.63) is 39.8 Å². The van der Waals surface area contributed by atoms with Crippen LogP contribution in [0.4, 0.5) is 0 Å². The Morgan fingerprint density at radius 1 is 1.33 bits per heavy atom. The zero-order valence-electron chi connectivity index (χ0n) is 12.1. The second-order valence-electron chi connectivity index (χ2n) is 4.70. The Labute approximate surface area is 126 Å². The van der Waals surface area contributed by atoms with Crippen molar-refractivity contribution in [2.45, 2.75) is 20.4 Å². The molecule has 0 amide bonds. The lowest BCUT2D eigenvalue weighted by atomic mass is 10.1. The fourth-order valence-electron chi connectivity index (χ4n) is 2.18. The number of nitrogens with zero attached hydrogens (tertiary/aromatic N) is 5. The molecule has 0 fully saturated rings. The van der Waals surface area contributed by atoms with Crippen molar-refractivity contribution in [3.8, 4) is 17.1 Å². The lowest BCUT2D eigenvalue weighted by molar-refractivity contribution is 0.406. The van der Waals surface area contributed by atoms with Gasteiger partial charge in [0.25, 0.3) is 0 Å². The fraction of sp³-hybridized carbons (Fsp3) is 0.286. The van der Waals surface area contributed by atoms with Gasteiger partial charge in [-0.15, -0.1) is 10.2 Å². The van der Waals surface area contributed by atoms with Gasteiger partial charge in [0.1, 0.15) is 12.3 Å². The Balaban J connectivity index is 1.88. The molecule has 0 bridgehead atoms. The highest BCUT2D eigenvalue weighted by molar-refractivity contribution is 7.08. The first-order valence-electron chi connectivity index (χ1n) is 6.48. The summed E-state index contributed by atoms with van der Waals surface area (Å²) < 4.78 is 5.41. The second kappa shape index (κ2) is 5.61. The van der Waals surface area contributed by atoms with Crippen LogP contribution in [-0.2, 0) is 6.54 Å². The Morgan fingerprint density at radius 2 is 2.19 bits per heavy atom. The molecule has 3 aromatic heterocycles. The average molecular weight is 301 g/mol. The van der Waals surface area contributed by atoms with Gasteiger partial charge in [-0.25, -0.2) is 0 Å². The summed E-state index contributed by atoms with van der Waals surface area (Å²) in [6, 6.07) is 1.98. The molecule has 0 atom stereocenters. The van der Waals surface area contributed by atoms with Crippen molar-refractivity contribution < 1.29 is 4.74 Å². The standard InChI is InChI=1S/C14H15N5OS/c1-9-6-15-12(10(2)13(9)20-3)7-19-17-14(16-18-19)11-4-5-21-8-11/h4-6,8H,7H2,1-3H3. The quantitative estimate of drug-likeness (QED) is 0.740. The maximum Gasteiger partial charge on any atom is 0.205 e. The van der Waals surface area contributed by atoms with Crippen molar-refractivity contribution in [3.63, 3.8) is 0 Å². The van der Waals surface area contributed by atoms with Crippen molar-refractivity contribution in [1.29, 1.82) is 0 Å². The molecule has 0 saturated carbocycles. The van der Waals surface area contributed by atoms with E-state index in [1.54, 1.807) is 29.4 Å². The smallest absolute Gasteiger partial charge is 0.205 e. The van der Waals surface area contributed by atoms with E-state index in [2.05, 4.69) is 20.4 Å². The van der Waals surface area contributed by atoms with E-state index in [9.17, 15) is 0 Å². The van der Waals surface area contributed by atoms with E-state index in [-0.39, 0.29) is 0 Å². The third kappa shape index (κ3) is 2.64. The van der Waals surface area contributed by atoms with Crippen molar-refractivity contribution in [2.75, 3.05) is 7.11 Å². The Hall–Kier alpha value is -2.28. The van der Waals surface area contributed by atoms with Crippen LogP contribution in [0.2, 0.25) is 0 Å². The van der Waals surface area contributed by atoms with E-state index in [4.69, 9.17) is 4.74 Å². The molecule has 0 unspecified atom stereocenters. The number of aromatic nitrogens is 5. The molecule has 6 nitrogen and oxygen atoms in total. The molecule has 0 spiro atoms. The SMILES string of the molecule is COc1c(C)cnc(Cn2nnc(-c3ccsc3)n2)c1C. The van der Waals surface area contributed by atoms with Gasteiger partial charge < -0.3 is 4.74 Å². The molecule has 108 valence electrons. The van der Waals surface area contributed by atoms with Gasteiger partial charge in [0.15, 0.2) is 0 Å². The first kappa shape index (κ1) is 13.7. The third-order valence-corrected chi connectivity index (χ3v) is 3.96. The highest BCUT2D eigenvalue weighted by Gasteiger charge is 2.12. The number of aryl methyl sites for hydroxylation is 1. The largest absolute Gasteiger partial charge is 0.496 e. The maximum absolute atomic E-state index is 5.41. The zero-order valence-corrected chi connectivity index (χ0v) is 12.9. The van der Waals surface area contributed by atoms with Gasteiger partial charge >= 0.3 is 0 Å². The Bertz CT molecular complexity index is 751. The van der Waals surface area contributed by atoms with Crippen LogP contribution in [-0.4, -0.2) is 32.3 Å². The minimum atomic E-state index is 0.472. The molecule has 3 heterocycles. The predicted molar refractivity (Wildman–Crippen MR) is 80.5 cm³/mol. The molecule has 3 rings (SSSR count). The van der Waals surface area contributed by atoms with Gasteiger partial charge in [0.05, 0.1) is 12.8 Å². The molecule has 0 radical (unpaired) electrons. The Kier molecular flexibility index (Phi) is 3.66. The van der Waals surface area contributed by atoms with Crippen LogP contribution in [0.3, 0.4) is 0 Å². The van der Waals surface area contributed by atoms with Crippen LogP contribution < -0.4 is 4.74 Å². The van der Waals surface area contributed by atoms with Crippen LogP contribution >= 0.6 is 11.3 Å². The predicted octanol–water partition coefficient (Wildman–Crippen LogP) is 2.47. The van der Waals surface area contributed by atoms with Gasteiger partial charge in [0.2, 0.25) is 5.82 Å². The number of hydrogen-bond donors (Lipinski definition) is 0. The number of methoxy groups -OCH3 is 1. The normalized spacial score (nSPS) is 10.8. The summed E-state index contributed by atoms with van der Waals surface area (Å²) in [4.78, 5) is 6.00. The number of pyridine rings is 1. The summed E-state index contributed by atoms with van der Waals surface area (Å²) in [7, 11) is 1.67. The van der Waals surface area contributed by atoms with Crippen molar-refractivity contribution >= 4 is 11.3 Å². The summed E-state index contributed by atoms with van der Waals surface area (Å²) in [5.41, 5.74) is 3.89. The van der Waals surface area contributed by atoms with Crippen LogP contribution in [0, 0.1) is 13.8 Å². The minimum absolute atomic E-state index is 0.472.